The number of aliphatic carboxylic acids is 1. The molecule has 0 bridgehead atoms. The number of benzene rings is 1. The predicted octanol–water partition coefficient (Wildman–Crippen LogP) is 3.61. The summed E-state index contributed by atoms with van der Waals surface area (Å²) < 4.78 is 0. The molecule has 2 fully saturated rings. The van der Waals surface area contributed by atoms with Gasteiger partial charge in [-0.05, 0) is 68.9 Å². The molecule has 3 rings (SSSR count). The summed E-state index contributed by atoms with van der Waals surface area (Å²) in [5.74, 6) is -0.150. The number of halogens is 2. The quantitative estimate of drug-likeness (QED) is 0.523. The number of piperazine rings is 1. The topological polar surface area (TPSA) is 67.8 Å². The van der Waals surface area contributed by atoms with Crippen LogP contribution in [0.5, 0.6) is 0 Å². The zero-order chi connectivity index (χ0) is 21.5. The van der Waals surface area contributed by atoms with Crippen LogP contribution in [0.3, 0.4) is 0 Å². The zero-order valence-corrected chi connectivity index (χ0v) is 19.4. The molecule has 0 spiro atoms. The van der Waals surface area contributed by atoms with Gasteiger partial charge in [0.05, 0.1) is 15.7 Å². The van der Waals surface area contributed by atoms with Crippen molar-refractivity contribution in [1.29, 1.82) is 0 Å². The molecule has 0 atom stereocenters. The number of rotatable bonds is 7. The highest BCUT2D eigenvalue weighted by Gasteiger charge is 2.24. The lowest BCUT2D eigenvalue weighted by atomic mass is 9.84. The minimum Gasteiger partial charge on any atom is -0.480 e. The van der Waals surface area contributed by atoms with E-state index in [9.17, 15) is 4.79 Å². The Hall–Kier alpha value is -1.28. The van der Waals surface area contributed by atoms with Crippen molar-refractivity contribution in [2.45, 2.75) is 38.1 Å². The van der Waals surface area contributed by atoms with Gasteiger partial charge >= 0.3 is 5.97 Å². The van der Waals surface area contributed by atoms with Gasteiger partial charge in [-0.2, -0.15) is 0 Å². The van der Waals surface area contributed by atoms with Crippen molar-refractivity contribution in [2.24, 2.45) is 5.92 Å². The second-order valence-corrected chi connectivity index (χ2v) is 9.32. The molecule has 1 heterocycles. The molecule has 0 radical (unpaired) electrons. The maximum atomic E-state index is 10.6. The van der Waals surface area contributed by atoms with Crippen LogP contribution in [0, 0.1) is 5.92 Å². The van der Waals surface area contributed by atoms with Crippen LogP contribution >= 0.6 is 35.4 Å². The average molecular weight is 473 g/mol. The second-order valence-electron chi connectivity index (χ2n) is 8.13. The van der Waals surface area contributed by atoms with E-state index in [2.05, 4.69) is 20.4 Å². The fraction of sp³-hybridized carbons (Fsp3) is 0.619. The summed E-state index contributed by atoms with van der Waals surface area (Å²) in [6.07, 6.45) is 5.78. The minimum atomic E-state index is -0.903. The summed E-state index contributed by atoms with van der Waals surface area (Å²) in [7, 11) is 0. The molecule has 0 amide bonds. The van der Waals surface area contributed by atoms with Crippen LogP contribution in [0.25, 0.3) is 0 Å². The van der Waals surface area contributed by atoms with Gasteiger partial charge in [0.2, 0.25) is 0 Å². The van der Waals surface area contributed by atoms with Crippen LogP contribution in [0.4, 0.5) is 5.69 Å². The lowest BCUT2D eigenvalue weighted by Gasteiger charge is -2.37. The number of nitrogens with one attached hydrogen (secondary N) is 2. The Kier molecular flexibility index (Phi) is 8.86. The average Bonchev–Trinajstić information content (AvgIpc) is 2.74. The van der Waals surface area contributed by atoms with Gasteiger partial charge < -0.3 is 20.6 Å². The van der Waals surface area contributed by atoms with Crippen LogP contribution in [-0.4, -0.2) is 66.4 Å². The number of anilines is 1. The van der Waals surface area contributed by atoms with Crippen molar-refractivity contribution in [3.05, 3.63) is 28.2 Å². The molecule has 0 aromatic heterocycles. The van der Waals surface area contributed by atoms with Crippen molar-refractivity contribution in [3.63, 3.8) is 0 Å². The third-order valence-corrected chi connectivity index (χ3v) is 7.15. The van der Waals surface area contributed by atoms with Gasteiger partial charge in [0.1, 0.15) is 6.54 Å². The summed E-state index contributed by atoms with van der Waals surface area (Å²) in [6, 6.07) is 6.17. The Morgan fingerprint density at radius 1 is 1.13 bits per heavy atom. The largest absolute Gasteiger partial charge is 0.480 e. The van der Waals surface area contributed by atoms with Crippen molar-refractivity contribution < 1.29 is 9.90 Å². The van der Waals surface area contributed by atoms with Crippen molar-refractivity contribution >= 4 is 52.2 Å². The molecule has 1 aromatic rings. The van der Waals surface area contributed by atoms with E-state index >= 15 is 0 Å². The Balaban J connectivity index is 1.32. The Bertz CT molecular complexity index is 736. The molecule has 1 aliphatic heterocycles. The summed E-state index contributed by atoms with van der Waals surface area (Å²) in [4.78, 5) is 15.5. The number of nitrogens with zero attached hydrogens (tertiary/aromatic N) is 2. The first-order valence-electron chi connectivity index (χ1n) is 10.6. The first-order chi connectivity index (χ1) is 14.4. The van der Waals surface area contributed by atoms with E-state index in [-0.39, 0.29) is 6.54 Å². The monoisotopic (exact) mass is 472 g/mol. The zero-order valence-electron chi connectivity index (χ0n) is 17.1. The Morgan fingerprint density at radius 3 is 2.50 bits per heavy atom. The van der Waals surface area contributed by atoms with Gasteiger partial charge in [-0.1, -0.05) is 29.3 Å². The summed E-state index contributed by atoms with van der Waals surface area (Å²) in [5.41, 5.74) is 1.03. The molecule has 3 N–H and O–H groups in total. The summed E-state index contributed by atoms with van der Waals surface area (Å²) in [5, 5.41) is 16.4. The molecule has 1 aromatic carbocycles. The predicted molar refractivity (Wildman–Crippen MR) is 127 cm³/mol. The van der Waals surface area contributed by atoms with Gasteiger partial charge in [-0.25, -0.2) is 0 Å². The molecule has 1 saturated carbocycles. The smallest absolute Gasteiger partial charge is 0.322 e. The highest BCUT2D eigenvalue weighted by atomic mass is 35.5. The van der Waals surface area contributed by atoms with Gasteiger partial charge in [0.15, 0.2) is 5.11 Å². The van der Waals surface area contributed by atoms with E-state index in [1.807, 2.05) is 18.2 Å². The van der Waals surface area contributed by atoms with E-state index in [0.717, 1.165) is 57.2 Å². The van der Waals surface area contributed by atoms with Gasteiger partial charge in [0.25, 0.3) is 0 Å². The van der Waals surface area contributed by atoms with E-state index < -0.39 is 5.97 Å². The van der Waals surface area contributed by atoms with E-state index in [4.69, 9.17) is 40.5 Å². The van der Waals surface area contributed by atoms with E-state index in [0.29, 0.717) is 21.2 Å². The number of hydrogen-bond donors (Lipinski definition) is 3. The van der Waals surface area contributed by atoms with Gasteiger partial charge in [-0.3, -0.25) is 9.69 Å². The van der Waals surface area contributed by atoms with Crippen LogP contribution in [0.1, 0.15) is 32.1 Å². The molecule has 166 valence electrons. The lowest BCUT2D eigenvalue weighted by Crippen LogP contribution is -2.47. The fourth-order valence-corrected chi connectivity index (χ4v) is 4.96. The third-order valence-electron chi connectivity index (χ3n) is 6.08. The summed E-state index contributed by atoms with van der Waals surface area (Å²) >= 11 is 17.7. The molecule has 1 saturated heterocycles. The highest BCUT2D eigenvalue weighted by molar-refractivity contribution is 7.80. The van der Waals surface area contributed by atoms with Crippen LogP contribution < -0.4 is 15.5 Å². The molecular formula is C21H30Cl2N4O2S. The van der Waals surface area contributed by atoms with Gasteiger partial charge in [-0.15, -0.1) is 0 Å². The fourth-order valence-electron chi connectivity index (χ4n) is 4.30. The van der Waals surface area contributed by atoms with Crippen LogP contribution in [0.15, 0.2) is 18.2 Å². The standard InChI is InChI=1S/C21H30Cl2N4O2S/c22-17-2-1-3-18(20(17)23)27-12-10-26(11-13-27)9-8-15-4-6-16(7-5-15)25-21(30)24-14-19(28)29/h1-3,15-16H,4-14H2,(H,28,29)(H2,24,25,30). The van der Waals surface area contributed by atoms with E-state index in [1.54, 1.807) is 0 Å². The normalized spacial score (nSPS) is 22.5. The number of carboxylic acid groups (broad SMARTS) is 1. The Labute approximate surface area is 193 Å². The number of carbonyl (C=O) groups is 1. The maximum absolute atomic E-state index is 10.6. The third kappa shape index (κ3) is 6.87. The lowest BCUT2D eigenvalue weighted by molar-refractivity contribution is -0.135. The molecule has 6 nitrogen and oxygen atoms in total. The molecule has 1 aliphatic carbocycles. The number of thiocarbonyl (C=S) groups is 1. The molecular weight excluding hydrogens is 443 g/mol. The highest BCUT2D eigenvalue weighted by Crippen LogP contribution is 2.33. The van der Waals surface area contributed by atoms with Gasteiger partial charge in [0, 0.05) is 32.2 Å². The SMILES string of the molecule is O=C(O)CNC(=S)NC1CCC(CCN2CCN(c3cccc(Cl)c3Cl)CC2)CC1. The summed E-state index contributed by atoms with van der Waals surface area (Å²) in [6.45, 7) is 5.03. The molecule has 30 heavy (non-hydrogen) atoms. The number of hydrogen-bond acceptors (Lipinski definition) is 4. The molecule has 2 aliphatic rings. The van der Waals surface area contributed by atoms with E-state index in [1.165, 1.54) is 19.3 Å². The van der Waals surface area contributed by atoms with Crippen molar-refractivity contribution in [1.82, 2.24) is 15.5 Å². The molecule has 9 heteroatoms. The van der Waals surface area contributed by atoms with Crippen molar-refractivity contribution in [3.8, 4) is 0 Å². The first kappa shape index (κ1) is 23.4. The maximum Gasteiger partial charge on any atom is 0.322 e. The van der Waals surface area contributed by atoms with Crippen LogP contribution in [-0.2, 0) is 4.79 Å². The second kappa shape index (κ2) is 11.4. The first-order valence-corrected chi connectivity index (χ1v) is 11.8. The number of carboxylic acids is 1. The Morgan fingerprint density at radius 2 is 1.83 bits per heavy atom. The van der Waals surface area contributed by atoms with Crippen molar-refractivity contribution in [2.75, 3.05) is 44.2 Å². The van der Waals surface area contributed by atoms with Crippen LogP contribution in [0.2, 0.25) is 10.0 Å². The minimum absolute atomic E-state index is 0.141. The molecule has 0 unspecified atom stereocenters.